The predicted octanol–water partition coefficient (Wildman–Crippen LogP) is 3.47. The average Bonchev–Trinajstić information content (AvgIpc) is 2.89. The Morgan fingerprint density at radius 1 is 0.949 bits per heavy atom. The van der Waals surface area contributed by atoms with Gasteiger partial charge in [-0.15, -0.1) is 0 Å². The molecule has 10 nitrogen and oxygen atoms in total. The number of carbonyl (C=O) groups is 3. The maximum atomic E-state index is 12.9. The van der Waals surface area contributed by atoms with Crippen LogP contribution in [0, 0.1) is 5.92 Å². The van der Waals surface area contributed by atoms with Crippen LogP contribution in [0.4, 0.5) is 32.2 Å². The number of ether oxygens (including phenoxy) is 1. The number of hydrogen-bond acceptors (Lipinski definition) is 7. The van der Waals surface area contributed by atoms with Gasteiger partial charge in [-0.3, -0.25) is 9.78 Å². The number of alkyl halides is 6. The highest BCUT2D eigenvalue weighted by atomic mass is 19.4. The summed E-state index contributed by atoms with van der Waals surface area (Å²) in [5.41, 5.74) is 0.634. The summed E-state index contributed by atoms with van der Waals surface area (Å²) in [5, 5.41) is 17.7. The number of piperidine rings is 1. The fraction of sp³-hybridized carbons (Fsp3) is 0.435. The number of halogens is 6. The maximum absolute atomic E-state index is 12.9. The fourth-order valence-corrected chi connectivity index (χ4v) is 3.81. The Hall–Kier alpha value is -3.95. The van der Waals surface area contributed by atoms with Gasteiger partial charge in [-0.1, -0.05) is 6.07 Å². The molecule has 0 spiro atoms. The van der Waals surface area contributed by atoms with Gasteiger partial charge in [0.15, 0.2) is 0 Å². The molecule has 0 radical (unpaired) electrons. The third kappa shape index (κ3) is 10.0. The van der Waals surface area contributed by atoms with E-state index in [4.69, 9.17) is 24.5 Å². The predicted molar refractivity (Wildman–Crippen MR) is 122 cm³/mol. The van der Waals surface area contributed by atoms with E-state index in [-0.39, 0.29) is 18.1 Å². The summed E-state index contributed by atoms with van der Waals surface area (Å²) in [6, 6.07) is 9.45. The van der Waals surface area contributed by atoms with E-state index in [0.29, 0.717) is 18.0 Å². The molecular weight excluding hydrogens is 542 g/mol. The lowest BCUT2D eigenvalue weighted by molar-refractivity contribution is -0.193. The van der Waals surface area contributed by atoms with Crippen LogP contribution >= 0.6 is 0 Å². The smallest absolute Gasteiger partial charge is 0.475 e. The zero-order valence-electron chi connectivity index (χ0n) is 20.0. The van der Waals surface area contributed by atoms with Crippen molar-refractivity contribution >= 4 is 23.7 Å². The second-order valence-electron chi connectivity index (χ2n) is 8.26. The number of pyridine rings is 2. The highest BCUT2D eigenvalue weighted by molar-refractivity contribution is 5.94. The molecule has 3 atom stereocenters. The number of likely N-dealkylation sites (tertiary alicyclic amines) is 1. The number of fused-ring (bicyclic) bond motifs is 1. The molecule has 0 saturated carbocycles. The molecular formula is C23H24F6N4O6. The first-order chi connectivity index (χ1) is 18.2. The van der Waals surface area contributed by atoms with E-state index in [1.807, 2.05) is 29.2 Å². The molecule has 2 aromatic heterocycles. The molecule has 0 aliphatic carbocycles. The van der Waals surface area contributed by atoms with Crippen molar-refractivity contribution in [3.63, 3.8) is 0 Å². The van der Waals surface area contributed by atoms with Crippen molar-refractivity contribution in [2.45, 2.75) is 37.3 Å². The molecule has 214 valence electrons. The molecule has 2 aromatic rings. The summed E-state index contributed by atoms with van der Waals surface area (Å²) in [4.78, 5) is 41.0. The normalized spacial score (nSPS) is 20.7. The molecule has 2 fully saturated rings. The van der Waals surface area contributed by atoms with Crippen LogP contribution in [0.3, 0.4) is 0 Å². The Balaban J connectivity index is 0.000000317. The number of nitrogens with zero attached hydrogens (tertiary/aromatic N) is 3. The van der Waals surface area contributed by atoms with Crippen LogP contribution in [-0.4, -0.2) is 87.1 Å². The van der Waals surface area contributed by atoms with E-state index in [0.717, 1.165) is 31.8 Å². The molecule has 2 saturated heterocycles. The number of aromatic nitrogens is 2. The topological polar surface area (TPSA) is 142 Å². The number of nitrogens with one attached hydrogen (secondary N) is 1. The molecule has 0 aromatic carbocycles. The van der Waals surface area contributed by atoms with Gasteiger partial charge in [0.1, 0.15) is 5.82 Å². The Bertz CT molecular complexity index is 1060. The van der Waals surface area contributed by atoms with Gasteiger partial charge in [0, 0.05) is 44.2 Å². The van der Waals surface area contributed by atoms with Crippen molar-refractivity contribution < 1.29 is 55.7 Å². The van der Waals surface area contributed by atoms with Gasteiger partial charge in [-0.25, -0.2) is 14.6 Å². The highest BCUT2D eigenvalue weighted by Gasteiger charge is 2.41. The Labute approximate surface area is 217 Å². The van der Waals surface area contributed by atoms with Crippen LogP contribution in [-0.2, 0) is 14.3 Å². The van der Waals surface area contributed by atoms with Crippen LogP contribution in [0.5, 0.6) is 0 Å². The summed E-state index contributed by atoms with van der Waals surface area (Å²) in [6.45, 7) is 2.13. The Kier molecular flexibility index (Phi) is 11.0. The Morgan fingerprint density at radius 2 is 1.59 bits per heavy atom. The largest absolute Gasteiger partial charge is 0.490 e. The first-order valence-electron chi connectivity index (χ1n) is 11.3. The zero-order valence-corrected chi connectivity index (χ0v) is 20.0. The lowest BCUT2D eigenvalue weighted by atomic mass is 9.85. The minimum atomic E-state index is -5.08. The fourth-order valence-electron chi connectivity index (χ4n) is 3.81. The number of amides is 1. The second kappa shape index (κ2) is 13.7. The van der Waals surface area contributed by atoms with Crippen molar-refractivity contribution in [2.24, 2.45) is 5.92 Å². The van der Waals surface area contributed by atoms with Crippen LogP contribution in [0.2, 0.25) is 0 Å². The third-order valence-electron chi connectivity index (χ3n) is 5.44. The van der Waals surface area contributed by atoms with E-state index in [2.05, 4.69) is 15.3 Å². The quantitative estimate of drug-likeness (QED) is 0.476. The van der Waals surface area contributed by atoms with Gasteiger partial charge >= 0.3 is 24.3 Å². The van der Waals surface area contributed by atoms with Crippen LogP contribution in [0.15, 0.2) is 48.9 Å². The molecule has 16 heteroatoms. The van der Waals surface area contributed by atoms with E-state index >= 15 is 0 Å². The van der Waals surface area contributed by atoms with Crippen molar-refractivity contribution in [3.05, 3.63) is 54.5 Å². The van der Waals surface area contributed by atoms with Gasteiger partial charge < -0.3 is 25.2 Å². The highest BCUT2D eigenvalue weighted by Crippen LogP contribution is 2.30. The molecule has 39 heavy (non-hydrogen) atoms. The monoisotopic (exact) mass is 566 g/mol. The second-order valence-corrected chi connectivity index (χ2v) is 8.26. The van der Waals surface area contributed by atoms with E-state index < -0.39 is 24.3 Å². The first-order valence-corrected chi connectivity index (χ1v) is 11.3. The molecule has 0 bridgehead atoms. The van der Waals surface area contributed by atoms with Gasteiger partial charge in [-0.2, -0.15) is 26.3 Å². The first kappa shape index (κ1) is 31.3. The molecule has 4 rings (SSSR count). The summed E-state index contributed by atoms with van der Waals surface area (Å²) in [7, 11) is 0. The average molecular weight is 566 g/mol. The van der Waals surface area contributed by atoms with Crippen molar-refractivity contribution in [1.82, 2.24) is 14.9 Å². The summed E-state index contributed by atoms with van der Waals surface area (Å²) in [6.07, 6.45) is -2.83. The number of carboxylic acids is 2. The van der Waals surface area contributed by atoms with Crippen LogP contribution in [0.1, 0.15) is 23.2 Å². The number of rotatable bonds is 3. The molecule has 3 N–H and O–H groups in total. The summed E-state index contributed by atoms with van der Waals surface area (Å²) in [5.74, 6) is -4.31. The van der Waals surface area contributed by atoms with Crippen LogP contribution < -0.4 is 5.32 Å². The summed E-state index contributed by atoms with van der Waals surface area (Å²) < 4.78 is 69.5. The number of anilines is 1. The van der Waals surface area contributed by atoms with Gasteiger partial charge in [0.2, 0.25) is 0 Å². The lowest BCUT2D eigenvalue weighted by Gasteiger charge is -2.46. The Morgan fingerprint density at radius 3 is 2.10 bits per heavy atom. The van der Waals surface area contributed by atoms with E-state index in [1.165, 1.54) is 0 Å². The number of hydrogen-bond donors (Lipinski definition) is 3. The number of carbonyl (C=O) groups excluding carboxylic acids is 1. The number of carboxylic acid groups (broad SMARTS) is 2. The SMILES string of the molecule is O=C(O)C(F)(F)F.O=C(O)C(F)(F)F.O=C(c1cccnc1)N1C[C@@H]2CCCO[C@@H]2[C@H](Nc2ccccn2)C1. The molecule has 0 unspecified atom stereocenters. The van der Waals surface area contributed by atoms with E-state index in [1.54, 1.807) is 24.7 Å². The molecule has 2 aliphatic rings. The third-order valence-corrected chi connectivity index (χ3v) is 5.44. The molecule has 1 amide bonds. The van der Waals surface area contributed by atoms with Crippen molar-refractivity contribution in [2.75, 3.05) is 25.0 Å². The van der Waals surface area contributed by atoms with Crippen molar-refractivity contribution in [3.8, 4) is 0 Å². The van der Waals surface area contributed by atoms with Crippen molar-refractivity contribution in [1.29, 1.82) is 0 Å². The van der Waals surface area contributed by atoms with E-state index in [9.17, 15) is 31.1 Å². The summed E-state index contributed by atoms with van der Waals surface area (Å²) >= 11 is 0. The maximum Gasteiger partial charge on any atom is 0.490 e. The van der Waals surface area contributed by atoms with Gasteiger partial charge in [0.05, 0.1) is 17.7 Å². The van der Waals surface area contributed by atoms with Gasteiger partial charge in [0.25, 0.3) is 5.91 Å². The van der Waals surface area contributed by atoms with Crippen LogP contribution in [0.25, 0.3) is 0 Å². The molecule has 2 aliphatic heterocycles. The lowest BCUT2D eigenvalue weighted by Crippen LogP contribution is -2.59. The minimum Gasteiger partial charge on any atom is -0.475 e. The minimum absolute atomic E-state index is 0.0324. The zero-order chi connectivity index (χ0) is 29.2. The number of aliphatic carboxylic acids is 2. The standard InChI is InChI=1S/C19H22N4O2.2C2HF3O2/c24-19(14-5-3-8-20-11-14)23-12-15-6-4-10-25-18(15)16(13-23)22-17-7-1-2-9-21-17;2*3-2(4,5)1(6)7/h1-3,5,7-9,11,15-16,18H,4,6,10,12-13H2,(H,21,22);2*(H,6,7)/t15-,16+,18-;;/m0../s1. The van der Waals surface area contributed by atoms with Gasteiger partial charge in [-0.05, 0) is 37.1 Å². The molecule has 4 heterocycles.